The summed E-state index contributed by atoms with van der Waals surface area (Å²) in [4.78, 5) is 28.2. The SMILES string of the molecule is CC(CN(C)C(=O)NCc1ccc(Oc2cccc(F)c2)nc1)C(=O)O. The van der Waals surface area contributed by atoms with Gasteiger partial charge in [-0.3, -0.25) is 4.79 Å². The number of amides is 2. The molecule has 0 fully saturated rings. The molecule has 0 spiro atoms. The number of benzene rings is 1. The fourth-order valence-corrected chi connectivity index (χ4v) is 2.11. The van der Waals surface area contributed by atoms with Crippen molar-refractivity contribution in [1.82, 2.24) is 15.2 Å². The third kappa shape index (κ3) is 5.73. The normalized spacial score (nSPS) is 11.5. The Morgan fingerprint density at radius 3 is 2.73 bits per heavy atom. The molecule has 2 N–H and O–H groups in total. The van der Waals surface area contributed by atoms with Crippen molar-refractivity contribution in [3.63, 3.8) is 0 Å². The van der Waals surface area contributed by atoms with Crippen molar-refractivity contribution in [2.24, 2.45) is 5.92 Å². The zero-order valence-corrected chi connectivity index (χ0v) is 14.5. The van der Waals surface area contributed by atoms with Gasteiger partial charge in [-0.2, -0.15) is 0 Å². The van der Waals surface area contributed by atoms with Gasteiger partial charge >= 0.3 is 12.0 Å². The topological polar surface area (TPSA) is 91.8 Å². The first-order chi connectivity index (χ1) is 12.3. The molecule has 0 aliphatic heterocycles. The largest absolute Gasteiger partial charge is 0.481 e. The number of halogens is 1. The van der Waals surface area contributed by atoms with Crippen LogP contribution in [0.2, 0.25) is 0 Å². The van der Waals surface area contributed by atoms with Crippen molar-refractivity contribution in [2.75, 3.05) is 13.6 Å². The van der Waals surface area contributed by atoms with Crippen molar-refractivity contribution in [2.45, 2.75) is 13.5 Å². The van der Waals surface area contributed by atoms with Crippen LogP contribution in [0.25, 0.3) is 0 Å². The number of urea groups is 1. The molecule has 138 valence electrons. The first kappa shape index (κ1) is 19.2. The lowest BCUT2D eigenvalue weighted by molar-refractivity contribution is -0.141. The Morgan fingerprint density at radius 1 is 1.35 bits per heavy atom. The van der Waals surface area contributed by atoms with E-state index in [1.165, 1.54) is 43.3 Å². The van der Waals surface area contributed by atoms with Gasteiger partial charge in [0.15, 0.2) is 0 Å². The van der Waals surface area contributed by atoms with Gasteiger partial charge in [0, 0.05) is 38.5 Å². The molecule has 1 atom stereocenters. The summed E-state index contributed by atoms with van der Waals surface area (Å²) in [6, 6.07) is 8.69. The number of pyridine rings is 1. The number of carbonyl (C=O) groups is 2. The summed E-state index contributed by atoms with van der Waals surface area (Å²) in [7, 11) is 1.53. The van der Waals surface area contributed by atoms with Crippen LogP contribution in [0, 0.1) is 11.7 Å². The van der Waals surface area contributed by atoms with Crippen LogP contribution >= 0.6 is 0 Å². The maximum Gasteiger partial charge on any atom is 0.317 e. The summed E-state index contributed by atoms with van der Waals surface area (Å²) in [6.45, 7) is 1.88. The van der Waals surface area contributed by atoms with Crippen LogP contribution in [0.15, 0.2) is 42.6 Å². The minimum absolute atomic E-state index is 0.111. The Hall–Kier alpha value is -3.16. The van der Waals surface area contributed by atoms with Crippen molar-refractivity contribution >= 4 is 12.0 Å². The van der Waals surface area contributed by atoms with Crippen LogP contribution in [0.3, 0.4) is 0 Å². The van der Waals surface area contributed by atoms with E-state index in [0.717, 1.165) is 5.56 Å². The van der Waals surface area contributed by atoms with E-state index in [1.54, 1.807) is 18.2 Å². The fourth-order valence-electron chi connectivity index (χ4n) is 2.11. The smallest absolute Gasteiger partial charge is 0.317 e. The lowest BCUT2D eigenvalue weighted by Gasteiger charge is -2.20. The van der Waals surface area contributed by atoms with E-state index in [-0.39, 0.29) is 19.1 Å². The van der Waals surface area contributed by atoms with Crippen LogP contribution in [-0.4, -0.2) is 40.6 Å². The van der Waals surface area contributed by atoms with Crippen molar-refractivity contribution in [3.8, 4) is 11.6 Å². The molecular weight excluding hydrogens is 341 g/mol. The number of aromatic nitrogens is 1. The van der Waals surface area contributed by atoms with Crippen molar-refractivity contribution in [1.29, 1.82) is 0 Å². The van der Waals surface area contributed by atoms with Gasteiger partial charge in [0.05, 0.1) is 5.92 Å². The lowest BCUT2D eigenvalue weighted by atomic mass is 10.2. The van der Waals surface area contributed by atoms with E-state index < -0.39 is 17.7 Å². The minimum atomic E-state index is -0.956. The number of carboxylic acid groups (broad SMARTS) is 1. The molecule has 0 bridgehead atoms. The Labute approximate surface area is 150 Å². The van der Waals surface area contributed by atoms with Crippen LogP contribution < -0.4 is 10.1 Å². The zero-order chi connectivity index (χ0) is 19.1. The molecule has 0 radical (unpaired) electrons. The van der Waals surface area contributed by atoms with E-state index in [0.29, 0.717) is 11.6 Å². The molecule has 1 unspecified atom stereocenters. The Kier molecular flexibility index (Phi) is 6.48. The van der Waals surface area contributed by atoms with E-state index in [9.17, 15) is 14.0 Å². The lowest BCUT2D eigenvalue weighted by Crippen LogP contribution is -2.40. The molecule has 7 nitrogen and oxygen atoms in total. The van der Waals surface area contributed by atoms with Crippen LogP contribution in [-0.2, 0) is 11.3 Å². The first-order valence-corrected chi connectivity index (χ1v) is 7.95. The van der Waals surface area contributed by atoms with Gasteiger partial charge in [0.2, 0.25) is 5.88 Å². The fraction of sp³-hybridized carbons (Fsp3) is 0.278. The zero-order valence-electron chi connectivity index (χ0n) is 14.5. The van der Waals surface area contributed by atoms with E-state index >= 15 is 0 Å². The van der Waals surface area contributed by atoms with Gasteiger partial charge in [-0.15, -0.1) is 0 Å². The number of ether oxygens (including phenoxy) is 1. The second-order valence-corrected chi connectivity index (χ2v) is 5.84. The average Bonchev–Trinajstić information content (AvgIpc) is 2.60. The molecule has 26 heavy (non-hydrogen) atoms. The van der Waals surface area contributed by atoms with E-state index in [4.69, 9.17) is 9.84 Å². The summed E-state index contributed by atoms with van der Waals surface area (Å²) in [6.07, 6.45) is 1.54. The van der Waals surface area contributed by atoms with E-state index in [2.05, 4.69) is 10.3 Å². The highest BCUT2D eigenvalue weighted by Crippen LogP contribution is 2.19. The standard InChI is InChI=1S/C18H20FN3O4/c1-12(17(23)24)11-22(2)18(25)21-10-13-6-7-16(20-9-13)26-15-5-3-4-14(19)8-15/h3-9,12H,10-11H2,1-2H3,(H,21,25)(H,23,24). The molecule has 0 aliphatic carbocycles. The molecule has 1 aromatic heterocycles. The van der Waals surface area contributed by atoms with Crippen LogP contribution in [0.1, 0.15) is 12.5 Å². The molecule has 8 heteroatoms. The average molecular weight is 361 g/mol. The van der Waals surface area contributed by atoms with Gasteiger partial charge in [-0.1, -0.05) is 19.1 Å². The van der Waals surface area contributed by atoms with Crippen LogP contribution in [0.5, 0.6) is 11.6 Å². The number of aliphatic carboxylic acids is 1. The molecule has 2 rings (SSSR count). The molecule has 0 saturated heterocycles. The van der Waals surface area contributed by atoms with Gasteiger partial charge in [-0.25, -0.2) is 14.2 Å². The molecule has 0 aliphatic rings. The van der Waals surface area contributed by atoms with Gasteiger partial charge in [0.1, 0.15) is 11.6 Å². The predicted molar refractivity (Wildman–Crippen MR) is 92.4 cm³/mol. The Bertz CT molecular complexity index is 767. The van der Waals surface area contributed by atoms with Gasteiger partial charge in [0.25, 0.3) is 0 Å². The number of hydrogen-bond donors (Lipinski definition) is 2. The first-order valence-electron chi connectivity index (χ1n) is 7.95. The summed E-state index contributed by atoms with van der Waals surface area (Å²) >= 11 is 0. The quantitative estimate of drug-likeness (QED) is 0.791. The molecule has 2 amide bonds. The summed E-state index contributed by atoms with van der Waals surface area (Å²) in [5.41, 5.74) is 0.740. The minimum Gasteiger partial charge on any atom is -0.481 e. The third-order valence-electron chi connectivity index (χ3n) is 3.58. The van der Waals surface area contributed by atoms with Gasteiger partial charge in [-0.05, 0) is 17.7 Å². The highest BCUT2D eigenvalue weighted by Gasteiger charge is 2.17. The van der Waals surface area contributed by atoms with Crippen molar-refractivity contribution < 1.29 is 23.8 Å². The number of nitrogens with one attached hydrogen (secondary N) is 1. The molecule has 1 aromatic carbocycles. The third-order valence-corrected chi connectivity index (χ3v) is 3.58. The number of hydrogen-bond acceptors (Lipinski definition) is 4. The number of nitrogens with zero attached hydrogens (tertiary/aromatic N) is 2. The number of carboxylic acids is 1. The summed E-state index contributed by atoms with van der Waals surface area (Å²) < 4.78 is 18.6. The van der Waals surface area contributed by atoms with Crippen LogP contribution in [0.4, 0.5) is 9.18 Å². The maximum absolute atomic E-state index is 13.1. The summed E-state index contributed by atoms with van der Waals surface area (Å²) in [5.74, 6) is -1.36. The molecule has 0 saturated carbocycles. The Morgan fingerprint density at radius 2 is 2.12 bits per heavy atom. The molecular formula is C18H20FN3O4. The Balaban J connectivity index is 1.85. The maximum atomic E-state index is 13.1. The van der Waals surface area contributed by atoms with Gasteiger partial charge < -0.3 is 20.1 Å². The number of rotatable bonds is 7. The summed E-state index contributed by atoms with van der Waals surface area (Å²) in [5, 5.41) is 11.6. The van der Waals surface area contributed by atoms with Crippen molar-refractivity contribution in [3.05, 3.63) is 54.0 Å². The highest BCUT2D eigenvalue weighted by atomic mass is 19.1. The predicted octanol–water partition coefficient (Wildman–Crippen LogP) is 2.88. The highest BCUT2D eigenvalue weighted by molar-refractivity contribution is 5.75. The monoisotopic (exact) mass is 361 g/mol. The number of carbonyl (C=O) groups excluding carboxylic acids is 1. The second-order valence-electron chi connectivity index (χ2n) is 5.84. The molecule has 1 heterocycles. The molecule has 2 aromatic rings. The second kappa shape index (κ2) is 8.80. The van der Waals surface area contributed by atoms with E-state index in [1.807, 2.05) is 0 Å².